The van der Waals surface area contributed by atoms with Gasteiger partial charge in [0.1, 0.15) is 11.4 Å². The zero-order valence-electron chi connectivity index (χ0n) is 17.1. The van der Waals surface area contributed by atoms with Crippen molar-refractivity contribution in [3.63, 3.8) is 0 Å². The van der Waals surface area contributed by atoms with Gasteiger partial charge in [0.05, 0.1) is 13.1 Å². The molecule has 0 N–H and O–H groups in total. The number of carbonyl (C=O) groups is 1. The van der Waals surface area contributed by atoms with Crippen LogP contribution in [0.1, 0.15) is 21.5 Å². The predicted molar refractivity (Wildman–Crippen MR) is 118 cm³/mol. The lowest BCUT2D eigenvalue weighted by Crippen LogP contribution is -2.55. The molecule has 1 amide bonds. The van der Waals surface area contributed by atoms with Gasteiger partial charge >= 0.3 is 0 Å². The highest BCUT2D eigenvalue weighted by Gasteiger charge is 2.48. The molecule has 2 aliphatic rings. The summed E-state index contributed by atoms with van der Waals surface area (Å²) in [7, 11) is 0. The number of alkyl halides is 1. The Hall–Kier alpha value is -2.87. The minimum Gasteiger partial charge on any atom is -0.454 e. The first kappa shape index (κ1) is 21.9. The summed E-state index contributed by atoms with van der Waals surface area (Å²) >= 11 is 12.5. The van der Waals surface area contributed by atoms with Crippen LogP contribution in [-0.2, 0) is 10.3 Å². The summed E-state index contributed by atoms with van der Waals surface area (Å²) in [6.07, 6.45) is -1.90. The smallest absolute Gasteiger partial charge is 0.254 e. The molecule has 0 aliphatic carbocycles. The molecule has 2 unspecified atom stereocenters. The summed E-state index contributed by atoms with van der Waals surface area (Å²) < 4.78 is 46.5. The van der Waals surface area contributed by atoms with E-state index in [4.69, 9.17) is 37.4 Å². The fourth-order valence-corrected chi connectivity index (χ4v) is 4.78. The highest BCUT2D eigenvalue weighted by molar-refractivity contribution is 6.35. The number of ether oxygens (including phenoxy) is 3. The fourth-order valence-electron chi connectivity index (χ4n) is 4.21. The van der Waals surface area contributed by atoms with Crippen LogP contribution in [0.4, 0.5) is 8.78 Å². The van der Waals surface area contributed by atoms with E-state index in [-0.39, 0.29) is 36.0 Å². The van der Waals surface area contributed by atoms with E-state index < -0.39 is 23.7 Å². The molecule has 33 heavy (non-hydrogen) atoms. The molecule has 5 rings (SSSR count). The Morgan fingerprint density at radius 2 is 1.79 bits per heavy atom. The first-order valence-electron chi connectivity index (χ1n) is 10.1. The molecule has 0 spiro atoms. The van der Waals surface area contributed by atoms with E-state index in [2.05, 4.69) is 0 Å². The Kier molecular flexibility index (Phi) is 5.64. The van der Waals surface area contributed by atoms with Crippen LogP contribution >= 0.6 is 23.2 Å². The van der Waals surface area contributed by atoms with Gasteiger partial charge in [-0.05, 0) is 36.4 Å². The standard InChI is InChI=1S/C24H17Cl2F2NO4/c25-15-6-7-16(18(26)10-15)24(17-3-1-2-4-19(17)27)12-29(11-22(28)33-24)23(30)14-5-8-20-21(9-14)32-13-31-20/h1-10,22H,11-13H2. The maximum atomic E-state index is 15.1. The molecule has 170 valence electrons. The number of hydrogen-bond acceptors (Lipinski definition) is 4. The van der Waals surface area contributed by atoms with Crippen LogP contribution in [0.2, 0.25) is 10.0 Å². The summed E-state index contributed by atoms with van der Waals surface area (Å²) in [4.78, 5) is 14.7. The van der Waals surface area contributed by atoms with Crippen molar-refractivity contribution in [3.05, 3.63) is 93.2 Å². The number of morpholine rings is 1. The Labute approximate surface area is 198 Å². The lowest BCUT2D eigenvalue weighted by molar-refractivity contribution is -0.180. The summed E-state index contributed by atoms with van der Waals surface area (Å²) in [5.41, 5.74) is -1.07. The van der Waals surface area contributed by atoms with Crippen LogP contribution < -0.4 is 9.47 Å². The van der Waals surface area contributed by atoms with Crippen molar-refractivity contribution in [2.24, 2.45) is 0 Å². The average Bonchev–Trinajstić information content (AvgIpc) is 3.26. The van der Waals surface area contributed by atoms with Gasteiger partial charge in [0.15, 0.2) is 11.5 Å². The molecule has 1 fully saturated rings. The van der Waals surface area contributed by atoms with E-state index in [1.807, 2.05) is 0 Å². The minimum absolute atomic E-state index is 0.0556. The Balaban J connectivity index is 1.60. The summed E-state index contributed by atoms with van der Waals surface area (Å²) in [5.74, 6) is -0.143. The molecular formula is C24H17Cl2F2NO4. The number of fused-ring (bicyclic) bond motifs is 1. The zero-order chi connectivity index (χ0) is 23.2. The third-order valence-corrected chi connectivity index (χ3v) is 6.24. The number of amides is 1. The highest BCUT2D eigenvalue weighted by Crippen LogP contribution is 2.44. The SMILES string of the molecule is O=C(c1ccc2c(c1)OCO2)N1CC(F)OC(c2ccccc2F)(c2ccc(Cl)cc2Cl)C1. The maximum Gasteiger partial charge on any atom is 0.254 e. The molecule has 3 aromatic carbocycles. The first-order valence-corrected chi connectivity index (χ1v) is 10.8. The van der Waals surface area contributed by atoms with Gasteiger partial charge in [-0.2, -0.15) is 0 Å². The summed E-state index contributed by atoms with van der Waals surface area (Å²) in [6.45, 7) is -0.458. The van der Waals surface area contributed by atoms with Crippen molar-refractivity contribution in [1.29, 1.82) is 0 Å². The lowest BCUT2D eigenvalue weighted by Gasteiger charge is -2.45. The number of halogens is 4. The molecular weight excluding hydrogens is 475 g/mol. The Bertz CT molecular complexity index is 1240. The number of carbonyl (C=O) groups excluding carboxylic acids is 1. The van der Waals surface area contributed by atoms with Crippen LogP contribution in [0.25, 0.3) is 0 Å². The van der Waals surface area contributed by atoms with Crippen molar-refractivity contribution in [3.8, 4) is 11.5 Å². The molecule has 2 atom stereocenters. The van der Waals surface area contributed by atoms with Crippen LogP contribution in [0.3, 0.4) is 0 Å². The van der Waals surface area contributed by atoms with E-state index >= 15 is 8.78 Å². The van der Waals surface area contributed by atoms with Gasteiger partial charge in [-0.15, -0.1) is 0 Å². The Morgan fingerprint density at radius 1 is 1.00 bits per heavy atom. The molecule has 5 nitrogen and oxygen atoms in total. The number of benzene rings is 3. The Morgan fingerprint density at radius 3 is 2.58 bits per heavy atom. The molecule has 3 aromatic rings. The minimum atomic E-state index is -1.90. The molecule has 1 saturated heterocycles. The van der Waals surface area contributed by atoms with Gasteiger partial charge in [-0.25, -0.2) is 8.78 Å². The van der Waals surface area contributed by atoms with Gasteiger partial charge in [0.25, 0.3) is 5.91 Å². The van der Waals surface area contributed by atoms with Crippen molar-refractivity contribution >= 4 is 29.1 Å². The van der Waals surface area contributed by atoms with Crippen LogP contribution in [-0.4, -0.2) is 37.0 Å². The zero-order valence-corrected chi connectivity index (χ0v) is 18.6. The molecule has 0 aromatic heterocycles. The van der Waals surface area contributed by atoms with Gasteiger partial charge < -0.3 is 19.1 Å². The average molecular weight is 492 g/mol. The highest BCUT2D eigenvalue weighted by atomic mass is 35.5. The van der Waals surface area contributed by atoms with E-state index in [1.165, 1.54) is 35.2 Å². The third kappa shape index (κ3) is 3.90. The van der Waals surface area contributed by atoms with E-state index in [9.17, 15) is 4.79 Å². The normalized spacial score (nSPS) is 21.8. The van der Waals surface area contributed by atoms with E-state index in [1.54, 1.807) is 30.3 Å². The number of rotatable bonds is 3. The van der Waals surface area contributed by atoms with E-state index in [0.29, 0.717) is 22.1 Å². The van der Waals surface area contributed by atoms with Crippen molar-refractivity contribution in [2.75, 3.05) is 19.9 Å². The summed E-state index contributed by atoms with van der Waals surface area (Å²) in [5, 5.41) is 0.517. The monoisotopic (exact) mass is 491 g/mol. The molecule has 0 radical (unpaired) electrons. The van der Waals surface area contributed by atoms with Gasteiger partial charge in [-0.3, -0.25) is 4.79 Å². The number of hydrogen-bond donors (Lipinski definition) is 0. The second kappa shape index (κ2) is 8.48. The molecule has 0 bridgehead atoms. The molecule has 0 saturated carbocycles. The van der Waals surface area contributed by atoms with Gasteiger partial charge in [-0.1, -0.05) is 47.5 Å². The fraction of sp³-hybridized carbons (Fsp3) is 0.208. The lowest BCUT2D eigenvalue weighted by atomic mass is 9.83. The predicted octanol–water partition coefficient (Wildman–Crippen LogP) is 5.57. The summed E-state index contributed by atoms with van der Waals surface area (Å²) in [6, 6.07) is 15.2. The third-order valence-electron chi connectivity index (χ3n) is 5.69. The molecule has 9 heteroatoms. The van der Waals surface area contributed by atoms with E-state index in [0.717, 1.165) is 0 Å². The molecule has 2 aliphatic heterocycles. The van der Waals surface area contributed by atoms with Crippen molar-refractivity contribution < 1.29 is 27.8 Å². The largest absolute Gasteiger partial charge is 0.454 e. The topological polar surface area (TPSA) is 48.0 Å². The van der Waals surface area contributed by atoms with Crippen LogP contribution in [0.15, 0.2) is 60.7 Å². The van der Waals surface area contributed by atoms with Gasteiger partial charge in [0, 0.05) is 26.7 Å². The second-order valence-electron chi connectivity index (χ2n) is 7.71. The van der Waals surface area contributed by atoms with Crippen LogP contribution in [0.5, 0.6) is 11.5 Å². The number of nitrogens with zero attached hydrogens (tertiary/aromatic N) is 1. The van der Waals surface area contributed by atoms with Crippen molar-refractivity contribution in [2.45, 2.75) is 12.0 Å². The van der Waals surface area contributed by atoms with Crippen LogP contribution in [0, 0.1) is 5.82 Å². The van der Waals surface area contributed by atoms with Gasteiger partial charge in [0.2, 0.25) is 13.2 Å². The molecule has 2 heterocycles. The quantitative estimate of drug-likeness (QED) is 0.480. The maximum absolute atomic E-state index is 15.1. The first-order chi connectivity index (χ1) is 15.9. The second-order valence-corrected chi connectivity index (χ2v) is 8.56. The van der Waals surface area contributed by atoms with Crippen molar-refractivity contribution in [1.82, 2.24) is 4.90 Å².